The quantitative estimate of drug-likeness (QED) is 0.150. The van der Waals surface area contributed by atoms with Crippen LogP contribution < -0.4 is 20.1 Å². The van der Waals surface area contributed by atoms with Crippen molar-refractivity contribution in [3.8, 4) is 22.9 Å². The summed E-state index contributed by atoms with van der Waals surface area (Å²) in [4.78, 5) is 30.4. The van der Waals surface area contributed by atoms with Gasteiger partial charge in [0, 0.05) is 29.9 Å². The molecule has 3 aromatic carbocycles. The highest BCUT2D eigenvalue weighted by atomic mass is 19.3. The van der Waals surface area contributed by atoms with Crippen LogP contribution >= 0.6 is 0 Å². The Morgan fingerprint density at radius 3 is 2.59 bits per heavy atom. The molecule has 226 valence electrons. The SMILES string of the molecule is Cc1cc(Oc2ccccc2F)cc(F)c1-n1ncc(C(=O)c2cc3cc(OCC(F)F)c(N4CCCC4=O)cc3[nH]2)c1N. The van der Waals surface area contributed by atoms with E-state index in [1.54, 1.807) is 19.1 Å². The number of alkyl halides is 2. The van der Waals surface area contributed by atoms with Crippen LogP contribution in [0, 0.1) is 18.6 Å². The first-order valence-corrected chi connectivity index (χ1v) is 13.6. The monoisotopic (exact) mass is 607 g/mol. The van der Waals surface area contributed by atoms with E-state index < -0.39 is 30.5 Å². The summed E-state index contributed by atoms with van der Waals surface area (Å²) < 4.78 is 67.1. The molecule has 0 saturated carbocycles. The van der Waals surface area contributed by atoms with E-state index >= 15 is 4.39 Å². The number of carbonyl (C=O) groups is 2. The van der Waals surface area contributed by atoms with Crippen molar-refractivity contribution in [1.82, 2.24) is 14.8 Å². The van der Waals surface area contributed by atoms with Crippen molar-refractivity contribution in [2.45, 2.75) is 26.2 Å². The molecule has 0 unspecified atom stereocenters. The normalized spacial score (nSPS) is 13.3. The average Bonchev–Trinajstić information content (AvgIpc) is 3.70. The fourth-order valence-electron chi connectivity index (χ4n) is 5.20. The minimum absolute atomic E-state index is 0.0221. The van der Waals surface area contributed by atoms with Gasteiger partial charge in [0.15, 0.2) is 17.4 Å². The number of nitrogens with two attached hydrogens (primary N) is 1. The van der Waals surface area contributed by atoms with Gasteiger partial charge in [-0.1, -0.05) is 12.1 Å². The number of H-pyrrole nitrogens is 1. The zero-order valence-electron chi connectivity index (χ0n) is 23.2. The van der Waals surface area contributed by atoms with Crippen molar-refractivity contribution in [1.29, 1.82) is 0 Å². The Morgan fingerprint density at radius 1 is 1.09 bits per heavy atom. The Labute approximate surface area is 247 Å². The number of carbonyl (C=O) groups excluding carboxylic acids is 2. The van der Waals surface area contributed by atoms with E-state index in [4.69, 9.17) is 15.2 Å². The van der Waals surface area contributed by atoms with Crippen LogP contribution in [0.15, 0.2) is 60.8 Å². The summed E-state index contributed by atoms with van der Waals surface area (Å²) >= 11 is 0. The second-order valence-electron chi connectivity index (χ2n) is 10.2. The lowest BCUT2D eigenvalue weighted by Gasteiger charge is -2.20. The number of nitrogens with zero attached hydrogens (tertiary/aromatic N) is 3. The molecule has 0 bridgehead atoms. The molecule has 1 aliphatic heterocycles. The number of aryl methyl sites for hydroxylation is 1. The Balaban J connectivity index is 1.31. The first kappa shape index (κ1) is 28.8. The van der Waals surface area contributed by atoms with Crippen LogP contribution in [0.1, 0.15) is 34.5 Å². The molecular formula is C31H25F4N5O4. The number of aromatic amines is 1. The number of para-hydroxylation sites is 1. The molecule has 1 saturated heterocycles. The maximum Gasteiger partial charge on any atom is 0.272 e. The summed E-state index contributed by atoms with van der Waals surface area (Å²) in [5, 5.41) is 4.62. The highest BCUT2D eigenvalue weighted by molar-refractivity contribution is 6.13. The van der Waals surface area contributed by atoms with Gasteiger partial charge >= 0.3 is 0 Å². The van der Waals surface area contributed by atoms with Gasteiger partial charge in [-0.2, -0.15) is 5.10 Å². The van der Waals surface area contributed by atoms with Crippen molar-refractivity contribution >= 4 is 34.1 Å². The van der Waals surface area contributed by atoms with Crippen molar-refractivity contribution < 1.29 is 36.6 Å². The summed E-state index contributed by atoms with van der Waals surface area (Å²) in [5.41, 5.74) is 7.48. The third-order valence-corrected chi connectivity index (χ3v) is 7.23. The smallest absolute Gasteiger partial charge is 0.272 e. The predicted octanol–water partition coefficient (Wildman–Crippen LogP) is 6.32. The molecule has 0 atom stereocenters. The molecule has 44 heavy (non-hydrogen) atoms. The summed E-state index contributed by atoms with van der Waals surface area (Å²) in [6, 6.07) is 12.8. The van der Waals surface area contributed by atoms with E-state index in [2.05, 4.69) is 10.1 Å². The molecule has 5 aromatic rings. The molecule has 2 aromatic heterocycles. The van der Waals surface area contributed by atoms with E-state index in [9.17, 15) is 22.8 Å². The van der Waals surface area contributed by atoms with E-state index in [1.165, 1.54) is 47.5 Å². The van der Waals surface area contributed by atoms with E-state index in [1.807, 2.05) is 0 Å². The van der Waals surface area contributed by atoms with Gasteiger partial charge in [0.05, 0.1) is 23.1 Å². The minimum atomic E-state index is -2.72. The summed E-state index contributed by atoms with van der Waals surface area (Å²) in [7, 11) is 0. The van der Waals surface area contributed by atoms with Crippen molar-refractivity contribution in [2.24, 2.45) is 0 Å². The fraction of sp³-hybridized carbons (Fsp3) is 0.194. The number of benzene rings is 3. The third-order valence-electron chi connectivity index (χ3n) is 7.23. The van der Waals surface area contributed by atoms with Crippen LogP contribution in [0.3, 0.4) is 0 Å². The fourth-order valence-corrected chi connectivity index (χ4v) is 5.20. The Hall–Kier alpha value is -5.33. The molecule has 1 fully saturated rings. The molecule has 0 spiro atoms. The van der Waals surface area contributed by atoms with Crippen molar-refractivity contribution in [2.75, 3.05) is 23.8 Å². The number of amides is 1. The Bertz CT molecular complexity index is 1900. The predicted molar refractivity (Wildman–Crippen MR) is 154 cm³/mol. The van der Waals surface area contributed by atoms with Crippen LogP contribution in [0.25, 0.3) is 16.6 Å². The maximum absolute atomic E-state index is 15.3. The number of ketones is 1. The number of hydrogen-bond acceptors (Lipinski definition) is 6. The molecular weight excluding hydrogens is 582 g/mol. The third kappa shape index (κ3) is 5.32. The average molecular weight is 608 g/mol. The number of hydrogen-bond donors (Lipinski definition) is 2. The van der Waals surface area contributed by atoms with Gasteiger partial charge in [0.2, 0.25) is 11.7 Å². The van der Waals surface area contributed by atoms with Crippen molar-refractivity contribution in [3.05, 3.63) is 89.2 Å². The molecule has 9 nitrogen and oxygen atoms in total. The second-order valence-corrected chi connectivity index (χ2v) is 10.2. The highest BCUT2D eigenvalue weighted by Crippen LogP contribution is 2.37. The molecule has 3 heterocycles. The highest BCUT2D eigenvalue weighted by Gasteiger charge is 2.27. The lowest BCUT2D eigenvalue weighted by molar-refractivity contribution is -0.117. The molecule has 3 N–H and O–H groups in total. The number of nitrogens with one attached hydrogen (secondary N) is 1. The number of nitrogen functional groups attached to an aromatic ring is 1. The Kier molecular flexibility index (Phi) is 7.45. The van der Waals surface area contributed by atoms with Gasteiger partial charge < -0.3 is 25.1 Å². The molecule has 0 radical (unpaired) electrons. The first-order valence-electron chi connectivity index (χ1n) is 13.6. The van der Waals surface area contributed by atoms with Crippen molar-refractivity contribution in [3.63, 3.8) is 0 Å². The van der Waals surface area contributed by atoms with Gasteiger partial charge in [0.25, 0.3) is 6.43 Å². The number of aromatic nitrogens is 3. The molecule has 1 aliphatic rings. The van der Waals surface area contributed by atoms with Gasteiger partial charge in [-0.3, -0.25) is 9.59 Å². The number of ether oxygens (including phenoxy) is 2. The molecule has 0 aliphatic carbocycles. The topological polar surface area (TPSA) is 115 Å². The summed E-state index contributed by atoms with van der Waals surface area (Å²) in [5.74, 6) is -2.16. The van der Waals surface area contributed by atoms with E-state index in [-0.39, 0.29) is 45.9 Å². The van der Waals surface area contributed by atoms with Gasteiger partial charge in [-0.25, -0.2) is 22.2 Å². The summed E-state index contributed by atoms with van der Waals surface area (Å²) in [6.45, 7) is 1.13. The zero-order valence-corrected chi connectivity index (χ0v) is 23.2. The maximum atomic E-state index is 15.3. The number of anilines is 2. The Morgan fingerprint density at radius 2 is 1.89 bits per heavy atom. The van der Waals surface area contributed by atoms with Gasteiger partial charge in [-0.05, 0) is 55.3 Å². The van der Waals surface area contributed by atoms with Crippen LogP contribution in [0.2, 0.25) is 0 Å². The van der Waals surface area contributed by atoms with Gasteiger partial charge in [-0.15, -0.1) is 0 Å². The van der Waals surface area contributed by atoms with Crippen LogP contribution in [-0.4, -0.2) is 46.0 Å². The van der Waals surface area contributed by atoms with Crippen LogP contribution in [-0.2, 0) is 4.79 Å². The van der Waals surface area contributed by atoms with Crippen LogP contribution in [0.5, 0.6) is 17.2 Å². The molecule has 1 amide bonds. The number of rotatable bonds is 9. The van der Waals surface area contributed by atoms with Gasteiger partial charge in [0.1, 0.15) is 29.6 Å². The number of halogens is 4. The molecule has 13 heteroatoms. The molecule has 6 rings (SSSR count). The van der Waals surface area contributed by atoms with Crippen LogP contribution in [0.4, 0.5) is 29.1 Å². The summed E-state index contributed by atoms with van der Waals surface area (Å²) in [6.07, 6.45) is -0.577. The lowest BCUT2D eigenvalue weighted by atomic mass is 10.1. The zero-order chi connectivity index (χ0) is 31.1. The standard InChI is InChI=1S/C31H25F4N5O4/c1-16-9-18(44-25-6-3-2-5-20(25)32)12-21(33)29(16)40-31(36)19(14-37-40)30(42)23-10-17-11-26(43-15-27(34)35)24(13-22(17)38-23)39-8-4-7-28(39)41/h2-3,5-6,9-14,27,38H,4,7-8,15,36H2,1H3. The van der Waals surface area contributed by atoms with E-state index in [0.717, 1.165) is 10.7 Å². The minimum Gasteiger partial charge on any atom is -0.485 e. The largest absolute Gasteiger partial charge is 0.485 e. The first-order chi connectivity index (χ1) is 21.1. The number of fused-ring (bicyclic) bond motifs is 1. The second kappa shape index (κ2) is 11.4. The lowest BCUT2D eigenvalue weighted by Crippen LogP contribution is -2.24. The van der Waals surface area contributed by atoms with E-state index in [0.29, 0.717) is 41.5 Å².